The van der Waals surface area contributed by atoms with Gasteiger partial charge in [0.2, 0.25) is 5.91 Å². The summed E-state index contributed by atoms with van der Waals surface area (Å²) in [5.41, 5.74) is 3.46. The van der Waals surface area contributed by atoms with Gasteiger partial charge in [0.05, 0.1) is 18.6 Å². The molecule has 1 N–H and O–H groups in total. The molecule has 3 aromatic rings. The van der Waals surface area contributed by atoms with Crippen LogP contribution in [0.3, 0.4) is 0 Å². The van der Waals surface area contributed by atoms with Gasteiger partial charge in [0.1, 0.15) is 11.5 Å². The number of carbonyl (C=O) groups excluding carboxylic acids is 3. The molecule has 6 nitrogen and oxygen atoms in total. The summed E-state index contributed by atoms with van der Waals surface area (Å²) in [6.07, 6.45) is 5.87. The van der Waals surface area contributed by atoms with E-state index in [0.717, 1.165) is 35.2 Å². The van der Waals surface area contributed by atoms with Gasteiger partial charge in [0.15, 0.2) is 5.78 Å². The summed E-state index contributed by atoms with van der Waals surface area (Å²) in [5, 5.41) is 3.04. The van der Waals surface area contributed by atoms with Gasteiger partial charge >= 0.3 is 5.97 Å². The summed E-state index contributed by atoms with van der Waals surface area (Å²) in [6.45, 7) is 4.04. The smallest absolute Gasteiger partial charge is 0.329 e. The molecule has 1 saturated heterocycles. The molecule has 4 atom stereocenters. The van der Waals surface area contributed by atoms with Gasteiger partial charge in [0, 0.05) is 16.9 Å². The van der Waals surface area contributed by atoms with E-state index in [0.29, 0.717) is 11.3 Å². The van der Waals surface area contributed by atoms with Gasteiger partial charge in [-0.1, -0.05) is 86.2 Å². The maximum atomic E-state index is 14.6. The minimum Gasteiger partial charge on any atom is -0.464 e. The first-order valence-corrected chi connectivity index (χ1v) is 13.3. The number of benzene rings is 3. The fourth-order valence-corrected chi connectivity index (χ4v) is 6.62. The maximum absolute atomic E-state index is 14.6. The molecule has 0 bridgehead atoms. The summed E-state index contributed by atoms with van der Waals surface area (Å²) in [7, 11) is 0. The van der Waals surface area contributed by atoms with E-state index in [2.05, 4.69) is 12.2 Å². The Morgan fingerprint density at radius 3 is 2.47 bits per heavy atom. The van der Waals surface area contributed by atoms with Gasteiger partial charge in [-0.2, -0.15) is 0 Å². The summed E-state index contributed by atoms with van der Waals surface area (Å²) < 4.78 is 5.59. The number of fused-ring (bicyclic) bond motifs is 6. The molecule has 0 saturated carbocycles. The third-order valence-corrected chi connectivity index (χ3v) is 8.13. The number of Topliss-reactive ketones (excluding diaryl/α,β-unsaturated/α-hetero) is 1. The first kappa shape index (κ1) is 24.2. The highest BCUT2D eigenvalue weighted by molar-refractivity contribution is 6.16. The molecular weight excluding hydrogens is 476 g/mol. The van der Waals surface area contributed by atoms with Crippen LogP contribution >= 0.6 is 0 Å². The first-order chi connectivity index (χ1) is 18.5. The number of anilines is 2. The van der Waals surface area contributed by atoms with Crippen molar-refractivity contribution in [3.63, 3.8) is 0 Å². The third-order valence-electron chi connectivity index (χ3n) is 8.13. The van der Waals surface area contributed by atoms with E-state index in [9.17, 15) is 14.4 Å². The quantitative estimate of drug-likeness (QED) is 0.369. The molecule has 3 aromatic carbocycles. The second kappa shape index (κ2) is 9.28. The lowest BCUT2D eigenvalue weighted by Gasteiger charge is -2.37. The zero-order valence-corrected chi connectivity index (χ0v) is 21.5. The summed E-state index contributed by atoms with van der Waals surface area (Å²) in [5.74, 6) is -2.01. The van der Waals surface area contributed by atoms with Crippen LogP contribution in [-0.4, -0.2) is 36.4 Å². The molecule has 3 aliphatic rings. The number of esters is 1. The van der Waals surface area contributed by atoms with Crippen LogP contribution in [0.5, 0.6) is 0 Å². The maximum Gasteiger partial charge on any atom is 0.329 e. The minimum atomic E-state index is -1.31. The summed E-state index contributed by atoms with van der Waals surface area (Å²) >= 11 is 0. The third kappa shape index (κ3) is 3.36. The molecule has 6 rings (SSSR count). The van der Waals surface area contributed by atoms with E-state index in [1.165, 1.54) is 0 Å². The monoisotopic (exact) mass is 506 g/mol. The number of carbonyl (C=O) groups is 3. The van der Waals surface area contributed by atoms with Crippen molar-refractivity contribution >= 4 is 35.1 Å². The average molecular weight is 507 g/mol. The van der Waals surface area contributed by atoms with Gasteiger partial charge in [-0.25, -0.2) is 4.79 Å². The highest BCUT2D eigenvalue weighted by atomic mass is 16.5. The van der Waals surface area contributed by atoms with Gasteiger partial charge in [-0.05, 0) is 42.2 Å². The average Bonchev–Trinajstić information content (AvgIpc) is 3.42. The molecule has 38 heavy (non-hydrogen) atoms. The van der Waals surface area contributed by atoms with E-state index in [1.807, 2.05) is 89.8 Å². The molecule has 0 radical (unpaired) electrons. The molecule has 3 heterocycles. The Morgan fingerprint density at radius 2 is 1.71 bits per heavy atom. The molecule has 1 amide bonds. The van der Waals surface area contributed by atoms with Crippen LogP contribution in [0.2, 0.25) is 0 Å². The normalized spacial score (nSPS) is 24.5. The van der Waals surface area contributed by atoms with Crippen LogP contribution < -0.4 is 10.2 Å². The molecular formula is C32H30N2O4. The lowest BCUT2D eigenvalue weighted by molar-refractivity contribution is -0.145. The van der Waals surface area contributed by atoms with Crippen LogP contribution in [0.15, 0.2) is 78.9 Å². The topological polar surface area (TPSA) is 75.7 Å². The van der Waals surface area contributed by atoms with E-state index in [4.69, 9.17) is 4.74 Å². The molecule has 0 aliphatic carbocycles. The van der Waals surface area contributed by atoms with Gasteiger partial charge in [-0.3, -0.25) is 9.59 Å². The Bertz CT molecular complexity index is 1460. The number of nitrogens with one attached hydrogen (secondary N) is 1. The Balaban J connectivity index is 1.60. The van der Waals surface area contributed by atoms with Gasteiger partial charge in [0.25, 0.3) is 0 Å². The number of ether oxygens (including phenoxy) is 1. The van der Waals surface area contributed by atoms with Crippen LogP contribution in [-0.2, 0) is 26.2 Å². The van der Waals surface area contributed by atoms with E-state index in [1.54, 1.807) is 6.92 Å². The predicted octanol–water partition coefficient (Wildman–Crippen LogP) is 5.18. The zero-order chi connectivity index (χ0) is 26.4. The van der Waals surface area contributed by atoms with E-state index < -0.39 is 29.4 Å². The van der Waals surface area contributed by atoms with E-state index in [-0.39, 0.29) is 18.3 Å². The van der Waals surface area contributed by atoms with Crippen LogP contribution in [0.1, 0.15) is 47.3 Å². The van der Waals surface area contributed by atoms with Crippen molar-refractivity contribution in [3.8, 4) is 0 Å². The highest BCUT2D eigenvalue weighted by Crippen LogP contribution is 2.57. The van der Waals surface area contributed by atoms with Crippen molar-refractivity contribution < 1.29 is 19.1 Å². The SMILES string of the molecule is CCCc1ccc(C(=O)[C@@H]2[C@H](C(=O)OCC)N3c4ccccc4C=C[C@H]3[C@]23C(=O)Nc2ccccc23)cc1. The highest BCUT2D eigenvalue weighted by Gasteiger charge is 2.70. The van der Waals surface area contributed by atoms with E-state index >= 15 is 0 Å². The number of ketones is 1. The lowest BCUT2D eigenvalue weighted by Crippen LogP contribution is -2.51. The molecule has 1 fully saturated rings. The van der Waals surface area contributed by atoms with Gasteiger partial charge in [-0.15, -0.1) is 0 Å². The van der Waals surface area contributed by atoms with Crippen molar-refractivity contribution in [1.29, 1.82) is 0 Å². The second-order valence-electron chi connectivity index (χ2n) is 10.1. The number of hydrogen-bond donors (Lipinski definition) is 1. The number of para-hydroxylation sites is 2. The van der Waals surface area contributed by atoms with Crippen molar-refractivity contribution in [1.82, 2.24) is 0 Å². The summed E-state index contributed by atoms with van der Waals surface area (Å²) in [6, 6.07) is 21.3. The first-order valence-electron chi connectivity index (χ1n) is 13.3. The molecule has 6 heteroatoms. The Kier molecular flexibility index (Phi) is 5.90. The van der Waals surface area contributed by atoms with Crippen LogP contribution in [0.4, 0.5) is 11.4 Å². The molecule has 1 spiro atoms. The molecule has 0 unspecified atom stereocenters. The number of nitrogens with zero attached hydrogens (tertiary/aromatic N) is 1. The number of hydrogen-bond acceptors (Lipinski definition) is 5. The molecule has 0 aromatic heterocycles. The minimum absolute atomic E-state index is 0.174. The van der Waals surface area contributed by atoms with Gasteiger partial charge < -0.3 is 15.0 Å². The Labute approximate surface area is 222 Å². The standard InChI is InChI=1S/C32H30N2O4/c1-3-9-20-14-16-22(17-15-20)29(35)27-28(30(36)38-4-2)34-25-13-8-5-10-21(25)18-19-26(34)32(27)23-11-6-7-12-24(23)33-31(32)37/h5-8,10-19,26-28H,3-4,9H2,1-2H3,(H,33,37)/t26-,27-,28+,32-/m0/s1. The summed E-state index contributed by atoms with van der Waals surface area (Å²) in [4.78, 5) is 44.5. The molecule has 192 valence electrons. The van der Waals surface area contributed by atoms with Crippen molar-refractivity contribution in [2.45, 2.75) is 44.2 Å². The number of amides is 1. The Hall–Kier alpha value is -4.19. The fraction of sp³-hybridized carbons (Fsp3) is 0.281. The largest absolute Gasteiger partial charge is 0.464 e. The fourth-order valence-electron chi connectivity index (χ4n) is 6.62. The number of aryl methyl sites for hydroxylation is 1. The van der Waals surface area contributed by atoms with Crippen molar-refractivity contribution in [3.05, 3.63) is 101 Å². The van der Waals surface area contributed by atoms with Crippen LogP contribution in [0.25, 0.3) is 6.08 Å². The van der Waals surface area contributed by atoms with Crippen molar-refractivity contribution in [2.75, 3.05) is 16.8 Å². The second-order valence-corrected chi connectivity index (χ2v) is 10.1. The molecule has 3 aliphatic heterocycles. The predicted molar refractivity (Wildman–Crippen MR) is 147 cm³/mol. The zero-order valence-electron chi connectivity index (χ0n) is 21.5. The Morgan fingerprint density at radius 1 is 0.974 bits per heavy atom. The lowest BCUT2D eigenvalue weighted by atomic mass is 9.64. The van der Waals surface area contributed by atoms with Crippen molar-refractivity contribution in [2.24, 2.45) is 5.92 Å². The number of rotatable bonds is 6. The van der Waals surface area contributed by atoms with Crippen LogP contribution in [0, 0.1) is 5.92 Å².